The van der Waals surface area contributed by atoms with Crippen LogP contribution < -0.4 is 11.1 Å². The van der Waals surface area contributed by atoms with Gasteiger partial charge in [0.15, 0.2) is 11.5 Å². The molecule has 1 aromatic carbocycles. The zero-order valence-electron chi connectivity index (χ0n) is 10.3. The summed E-state index contributed by atoms with van der Waals surface area (Å²) in [7, 11) is 0. The number of phenolic OH excluding ortho intramolecular Hbond substituents is 3. The number of phenols is 3. The lowest BCUT2D eigenvalue weighted by atomic mass is 10.0. The Bertz CT molecular complexity index is 446. The van der Waals surface area contributed by atoms with Gasteiger partial charge in [-0.3, -0.25) is 4.79 Å². The van der Waals surface area contributed by atoms with E-state index in [0.717, 1.165) is 0 Å². The molecule has 0 saturated carbocycles. The fraction of sp³-hybridized carbons (Fsp3) is 0.417. The first kappa shape index (κ1) is 14.1. The number of hydrogen-bond donors (Lipinski definition) is 5. The molecule has 1 amide bonds. The number of aromatic hydroxyl groups is 3. The monoisotopic (exact) mass is 254 g/mol. The van der Waals surface area contributed by atoms with Gasteiger partial charge in [-0.1, -0.05) is 19.9 Å². The van der Waals surface area contributed by atoms with Crippen LogP contribution in [0.15, 0.2) is 12.1 Å². The minimum atomic E-state index is -0.575. The minimum absolute atomic E-state index is 0.00959. The Balaban J connectivity index is 2.80. The second-order valence-electron chi connectivity index (χ2n) is 4.45. The summed E-state index contributed by atoms with van der Waals surface area (Å²) >= 11 is 0. The van der Waals surface area contributed by atoms with Crippen LogP contribution in [0, 0.1) is 5.92 Å². The molecule has 18 heavy (non-hydrogen) atoms. The van der Waals surface area contributed by atoms with Gasteiger partial charge >= 0.3 is 0 Å². The smallest absolute Gasteiger partial charge is 0.234 e. The van der Waals surface area contributed by atoms with E-state index in [-0.39, 0.29) is 12.5 Å². The molecular weight excluding hydrogens is 236 g/mol. The van der Waals surface area contributed by atoms with E-state index in [1.165, 1.54) is 12.1 Å². The highest BCUT2D eigenvalue weighted by Crippen LogP contribution is 2.36. The molecule has 100 valence electrons. The molecule has 0 radical (unpaired) electrons. The summed E-state index contributed by atoms with van der Waals surface area (Å²) < 4.78 is 0. The molecule has 0 aliphatic heterocycles. The number of nitrogens with two attached hydrogens (primary N) is 1. The van der Waals surface area contributed by atoms with E-state index in [2.05, 4.69) is 5.32 Å². The summed E-state index contributed by atoms with van der Waals surface area (Å²) in [5.41, 5.74) is 5.61. The number of amides is 1. The van der Waals surface area contributed by atoms with Crippen molar-refractivity contribution in [3.63, 3.8) is 0 Å². The average molecular weight is 254 g/mol. The number of benzene rings is 1. The highest BCUT2D eigenvalue weighted by molar-refractivity contribution is 5.80. The van der Waals surface area contributed by atoms with E-state index in [1.54, 1.807) is 0 Å². The third-order valence-electron chi connectivity index (χ3n) is 2.70. The largest absolute Gasteiger partial charge is 0.504 e. The van der Waals surface area contributed by atoms with Gasteiger partial charge in [-0.05, 0) is 12.0 Å². The summed E-state index contributed by atoms with van der Waals surface area (Å²) in [6.07, 6.45) is 0. The highest BCUT2D eigenvalue weighted by atomic mass is 16.3. The predicted molar refractivity (Wildman–Crippen MR) is 66.1 cm³/mol. The molecule has 0 aliphatic carbocycles. The first-order chi connectivity index (χ1) is 8.34. The molecule has 6 N–H and O–H groups in total. The van der Waals surface area contributed by atoms with Gasteiger partial charge in [0.05, 0.1) is 6.04 Å². The third kappa shape index (κ3) is 3.04. The molecule has 1 unspecified atom stereocenters. The van der Waals surface area contributed by atoms with Crippen LogP contribution in [-0.4, -0.2) is 27.3 Å². The standard InChI is InChI=1S/C12H18N2O4/c1-6(2)9(12(13)18)14-5-7-3-4-8(15)11(17)10(7)16/h3-4,6,9,14-17H,5H2,1-2H3,(H2,13,18). The third-order valence-corrected chi connectivity index (χ3v) is 2.70. The van der Waals surface area contributed by atoms with E-state index >= 15 is 0 Å². The van der Waals surface area contributed by atoms with Crippen LogP contribution in [0.5, 0.6) is 17.2 Å². The molecule has 0 heterocycles. The van der Waals surface area contributed by atoms with Crippen LogP contribution >= 0.6 is 0 Å². The lowest BCUT2D eigenvalue weighted by Crippen LogP contribution is -2.44. The normalized spacial score (nSPS) is 12.6. The van der Waals surface area contributed by atoms with Gasteiger partial charge in [-0.2, -0.15) is 0 Å². The van der Waals surface area contributed by atoms with Gasteiger partial charge in [-0.25, -0.2) is 0 Å². The van der Waals surface area contributed by atoms with E-state index in [1.807, 2.05) is 13.8 Å². The molecule has 6 heteroatoms. The van der Waals surface area contributed by atoms with Crippen molar-refractivity contribution in [2.45, 2.75) is 26.4 Å². The van der Waals surface area contributed by atoms with Gasteiger partial charge in [0.1, 0.15) is 0 Å². The molecule has 6 nitrogen and oxygen atoms in total. The van der Waals surface area contributed by atoms with E-state index < -0.39 is 29.2 Å². The van der Waals surface area contributed by atoms with Crippen molar-refractivity contribution in [3.05, 3.63) is 17.7 Å². The number of primary amides is 1. The van der Waals surface area contributed by atoms with Gasteiger partial charge < -0.3 is 26.4 Å². The van der Waals surface area contributed by atoms with Crippen molar-refractivity contribution in [2.75, 3.05) is 0 Å². The molecule has 0 bridgehead atoms. The van der Waals surface area contributed by atoms with Crippen LogP contribution in [0.25, 0.3) is 0 Å². The molecule has 0 saturated heterocycles. The Kier molecular flexibility index (Phi) is 4.38. The van der Waals surface area contributed by atoms with E-state index in [9.17, 15) is 20.1 Å². The van der Waals surface area contributed by atoms with Crippen molar-refractivity contribution in [2.24, 2.45) is 11.7 Å². The zero-order valence-corrected chi connectivity index (χ0v) is 10.3. The number of rotatable bonds is 5. The Labute approximate surface area is 105 Å². The number of carbonyl (C=O) groups excluding carboxylic acids is 1. The molecule has 1 atom stereocenters. The van der Waals surface area contributed by atoms with Crippen molar-refractivity contribution in [1.82, 2.24) is 5.32 Å². The van der Waals surface area contributed by atoms with Gasteiger partial charge in [0, 0.05) is 12.1 Å². The number of hydrogen-bond acceptors (Lipinski definition) is 5. The minimum Gasteiger partial charge on any atom is -0.504 e. The average Bonchev–Trinajstić information content (AvgIpc) is 2.28. The van der Waals surface area contributed by atoms with Crippen molar-refractivity contribution in [1.29, 1.82) is 0 Å². The van der Waals surface area contributed by atoms with Crippen molar-refractivity contribution in [3.8, 4) is 17.2 Å². The summed E-state index contributed by atoms with van der Waals surface area (Å²) in [5.74, 6) is -1.85. The lowest BCUT2D eigenvalue weighted by Gasteiger charge is -2.19. The molecule has 1 aromatic rings. The maximum absolute atomic E-state index is 11.2. The quantitative estimate of drug-likeness (QED) is 0.488. The fourth-order valence-corrected chi connectivity index (χ4v) is 1.64. The van der Waals surface area contributed by atoms with Crippen molar-refractivity contribution >= 4 is 5.91 Å². The van der Waals surface area contributed by atoms with Gasteiger partial charge in [-0.15, -0.1) is 0 Å². The van der Waals surface area contributed by atoms with Gasteiger partial charge in [0.2, 0.25) is 11.7 Å². The summed E-state index contributed by atoms with van der Waals surface area (Å²) in [5, 5.41) is 31.0. The number of carbonyl (C=O) groups is 1. The Morgan fingerprint density at radius 2 is 1.89 bits per heavy atom. The van der Waals surface area contributed by atoms with E-state index in [4.69, 9.17) is 5.73 Å². The van der Waals surface area contributed by atoms with Crippen LogP contribution in [0.1, 0.15) is 19.4 Å². The molecule has 1 rings (SSSR count). The van der Waals surface area contributed by atoms with Crippen LogP contribution in [0.2, 0.25) is 0 Å². The first-order valence-corrected chi connectivity index (χ1v) is 5.60. The van der Waals surface area contributed by atoms with Crippen LogP contribution in [-0.2, 0) is 11.3 Å². The summed E-state index contributed by atoms with van der Waals surface area (Å²) in [6.45, 7) is 3.85. The van der Waals surface area contributed by atoms with Crippen LogP contribution in [0.3, 0.4) is 0 Å². The Morgan fingerprint density at radius 1 is 1.28 bits per heavy atom. The van der Waals surface area contributed by atoms with E-state index in [0.29, 0.717) is 5.56 Å². The molecule has 0 aliphatic rings. The SMILES string of the molecule is CC(C)C(NCc1ccc(O)c(O)c1O)C(N)=O. The summed E-state index contributed by atoms with van der Waals surface area (Å²) in [6, 6.07) is 2.19. The molecule has 0 spiro atoms. The predicted octanol–water partition coefficient (Wildman–Crippen LogP) is 0.403. The second kappa shape index (κ2) is 5.59. The maximum atomic E-state index is 11.2. The number of nitrogens with one attached hydrogen (secondary N) is 1. The first-order valence-electron chi connectivity index (χ1n) is 5.60. The van der Waals surface area contributed by atoms with Gasteiger partial charge in [0.25, 0.3) is 0 Å². The fourth-order valence-electron chi connectivity index (χ4n) is 1.64. The molecule has 0 fully saturated rings. The Morgan fingerprint density at radius 3 is 2.39 bits per heavy atom. The lowest BCUT2D eigenvalue weighted by molar-refractivity contribution is -0.121. The summed E-state index contributed by atoms with van der Waals surface area (Å²) in [4.78, 5) is 11.2. The second-order valence-corrected chi connectivity index (χ2v) is 4.45. The van der Waals surface area contributed by atoms with Crippen molar-refractivity contribution < 1.29 is 20.1 Å². The Hall–Kier alpha value is -1.95. The zero-order chi connectivity index (χ0) is 13.9. The molecule has 0 aromatic heterocycles. The maximum Gasteiger partial charge on any atom is 0.234 e. The highest BCUT2D eigenvalue weighted by Gasteiger charge is 2.19. The molecular formula is C12H18N2O4. The topological polar surface area (TPSA) is 116 Å². The van der Waals surface area contributed by atoms with Crippen LogP contribution in [0.4, 0.5) is 0 Å².